The first-order valence-corrected chi connectivity index (χ1v) is 9.22. The predicted octanol–water partition coefficient (Wildman–Crippen LogP) is 6.30. The summed E-state index contributed by atoms with van der Waals surface area (Å²) in [4.78, 5) is 0. The normalized spacial score (nSPS) is 17.1. The van der Waals surface area contributed by atoms with E-state index in [1.807, 2.05) is 32.9 Å². The molecule has 142 valence electrons. The zero-order chi connectivity index (χ0) is 19.6. The molecule has 0 saturated carbocycles. The van der Waals surface area contributed by atoms with Gasteiger partial charge in [-0.1, -0.05) is 29.8 Å². The summed E-state index contributed by atoms with van der Waals surface area (Å²) in [5, 5.41) is 13.3. The Hall–Kier alpha value is -2.62. The Morgan fingerprint density at radius 1 is 1.11 bits per heavy atom. The average Bonchev–Trinajstić information content (AvgIpc) is 2.63. The summed E-state index contributed by atoms with van der Waals surface area (Å²) >= 11 is 0. The molecule has 0 fully saturated rings. The first-order chi connectivity index (χ1) is 12.9. The van der Waals surface area contributed by atoms with Crippen LogP contribution in [0.5, 0.6) is 5.75 Å². The van der Waals surface area contributed by atoms with Crippen LogP contribution in [0.1, 0.15) is 36.5 Å². The van der Waals surface area contributed by atoms with Crippen molar-refractivity contribution >= 4 is 11.3 Å². The number of halogens is 2. The van der Waals surface area contributed by atoms with Crippen LogP contribution in [0.3, 0.4) is 0 Å². The molecule has 0 aliphatic heterocycles. The summed E-state index contributed by atoms with van der Waals surface area (Å²) in [7, 11) is 0. The van der Waals surface area contributed by atoms with E-state index in [9.17, 15) is 13.9 Å². The molecule has 0 amide bonds. The number of anilines is 1. The van der Waals surface area contributed by atoms with Gasteiger partial charge in [0.1, 0.15) is 17.4 Å². The lowest BCUT2D eigenvalue weighted by Crippen LogP contribution is -2.14. The van der Waals surface area contributed by atoms with Gasteiger partial charge in [-0.25, -0.2) is 8.78 Å². The molecule has 0 spiro atoms. The van der Waals surface area contributed by atoms with Crippen molar-refractivity contribution < 1.29 is 13.9 Å². The summed E-state index contributed by atoms with van der Waals surface area (Å²) in [6, 6.07) is 9.64. The number of phenolic OH excluding ortho intramolecular Hbond substituents is 1. The maximum Gasteiger partial charge on any atom is 0.123 e. The molecule has 0 radical (unpaired) electrons. The third-order valence-electron chi connectivity index (χ3n) is 5.31. The quantitative estimate of drug-likeness (QED) is 0.648. The SMILES string of the molecule is CC1=CC(c2cccc(F)c2)=C(F)CC1CCNc1c(C)ccc(O)c1C. The number of aryl methyl sites for hydroxylation is 1. The molecule has 1 atom stereocenters. The highest BCUT2D eigenvalue weighted by molar-refractivity contribution is 5.77. The summed E-state index contributed by atoms with van der Waals surface area (Å²) in [6.45, 7) is 6.56. The van der Waals surface area contributed by atoms with Gasteiger partial charge in [-0.2, -0.15) is 0 Å². The molecule has 2 aromatic carbocycles. The van der Waals surface area contributed by atoms with E-state index in [4.69, 9.17) is 0 Å². The lowest BCUT2D eigenvalue weighted by atomic mass is 9.84. The second kappa shape index (κ2) is 7.95. The summed E-state index contributed by atoms with van der Waals surface area (Å²) in [5.41, 5.74) is 4.99. The number of rotatable bonds is 5. The van der Waals surface area contributed by atoms with Gasteiger partial charge in [0, 0.05) is 29.8 Å². The van der Waals surface area contributed by atoms with Crippen molar-refractivity contribution in [2.45, 2.75) is 33.6 Å². The van der Waals surface area contributed by atoms with Crippen LogP contribution in [0.2, 0.25) is 0 Å². The molecule has 1 aliphatic rings. The number of phenols is 1. The van der Waals surface area contributed by atoms with Crippen LogP contribution in [0.15, 0.2) is 53.9 Å². The fraction of sp³-hybridized carbons (Fsp3) is 0.304. The number of allylic oxidation sites excluding steroid dienone is 4. The van der Waals surface area contributed by atoms with E-state index in [0.717, 1.165) is 28.8 Å². The second-order valence-electron chi connectivity index (χ2n) is 7.24. The van der Waals surface area contributed by atoms with Crippen molar-refractivity contribution in [1.29, 1.82) is 0 Å². The molecule has 2 nitrogen and oxygen atoms in total. The molecule has 27 heavy (non-hydrogen) atoms. The van der Waals surface area contributed by atoms with Gasteiger partial charge >= 0.3 is 0 Å². The first-order valence-electron chi connectivity index (χ1n) is 9.22. The smallest absolute Gasteiger partial charge is 0.123 e. The molecule has 0 aromatic heterocycles. The van der Waals surface area contributed by atoms with E-state index in [0.29, 0.717) is 24.1 Å². The summed E-state index contributed by atoms with van der Waals surface area (Å²) in [6.07, 6.45) is 2.94. The van der Waals surface area contributed by atoms with Gasteiger partial charge in [-0.05, 0) is 62.4 Å². The second-order valence-corrected chi connectivity index (χ2v) is 7.24. The summed E-state index contributed by atoms with van der Waals surface area (Å²) < 4.78 is 28.1. The Balaban J connectivity index is 1.67. The van der Waals surface area contributed by atoms with Crippen molar-refractivity contribution in [2.75, 3.05) is 11.9 Å². The molecule has 0 heterocycles. The molecule has 2 aromatic rings. The molecule has 0 saturated heterocycles. The van der Waals surface area contributed by atoms with Gasteiger partial charge < -0.3 is 10.4 Å². The summed E-state index contributed by atoms with van der Waals surface area (Å²) in [5.74, 6) is -0.179. The van der Waals surface area contributed by atoms with Crippen molar-refractivity contribution in [3.8, 4) is 5.75 Å². The minimum absolute atomic E-state index is 0.104. The van der Waals surface area contributed by atoms with Crippen LogP contribution in [0.4, 0.5) is 14.5 Å². The minimum Gasteiger partial charge on any atom is -0.508 e. The fourth-order valence-corrected chi connectivity index (χ4v) is 3.62. The number of nitrogens with one attached hydrogen (secondary N) is 1. The standard InChI is InChI=1S/C23H25F2NO/c1-14-7-8-22(27)16(3)23(14)26-10-9-17-13-21(25)20(11-15(17)2)18-5-4-6-19(24)12-18/h4-8,11-12,17,26-27H,9-10,13H2,1-3H3. The molecule has 4 heteroatoms. The van der Waals surface area contributed by atoms with Gasteiger partial charge in [0.15, 0.2) is 0 Å². The Kier molecular flexibility index (Phi) is 5.64. The van der Waals surface area contributed by atoms with Gasteiger partial charge in [0.25, 0.3) is 0 Å². The highest BCUT2D eigenvalue weighted by Gasteiger charge is 2.22. The van der Waals surface area contributed by atoms with Crippen LogP contribution in [-0.4, -0.2) is 11.7 Å². The van der Waals surface area contributed by atoms with E-state index in [-0.39, 0.29) is 23.3 Å². The zero-order valence-corrected chi connectivity index (χ0v) is 15.9. The molecular weight excluding hydrogens is 344 g/mol. The molecular formula is C23H25F2NO. The van der Waals surface area contributed by atoms with E-state index >= 15 is 0 Å². The largest absolute Gasteiger partial charge is 0.508 e. The fourth-order valence-electron chi connectivity index (χ4n) is 3.62. The Morgan fingerprint density at radius 2 is 1.89 bits per heavy atom. The number of hydrogen-bond acceptors (Lipinski definition) is 2. The van der Waals surface area contributed by atoms with E-state index in [1.165, 1.54) is 12.1 Å². The van der Waals surface area contributed by atoms with Crippen molar-refractivity contribution in [3.05, 3.63) is 76.4 Å². The molecule has 2 N–H and O–H groups in total. The zero-order valence-electron chi connectivity index (χ0n) is 15.9. The molecule has 1 unspecified atom stereocenters. The van der Waals surface area contributed by atoms with Crippen molar-refractivity contribution in [2.24, 2.45) is 5.92 Å². The van der Waals surface area contributed by atoms with E-state index in [1.54, 1.807) is 18.2 Å². The molecule has 3 rings (SSSR count). The third-order valence-corrected chi connectivity index (χ3v) is 5.31. The topological polar surface area (TPSA) is 32.3 Å². The van der Waals surface area contributed by atoms with Crippen molar-refractivity contribution in [1.82, 2.24) is 0 Å². The lowest BCUT2D eigenvalue weighted by Gasteiger charge is -2.24. The Labute approximate surface area is 159 Å². The van der Waals surface area contributed by atoms with Gasteiger partial charge in [-0.3, -0.25) is 0 Å². The van der Waals surface area contributed by atoms with Crippen LogP contribution < -0.4 is 5.32 Å². The highest BCUT2D eigenvalue weighted by atomic mass is 19.1. The average molecular weight is 369 g/mol. The van der Waals surface area contributed by atoms with Crippen molar-refractivity contribution in [3.63, 3.8) is 0 Å². The number of aromatic hydroxyl groups is 1. The highest BCUT2D eigenvalue weighted by Crippen LogP contribution is 2.37. The number of benzene rings is 2. The molecule has 0 bridgehead atoms. The van der Waals surface area contributed by atoms with E-state index in [2.05, 4.69) is 5.32 Å². The minimum atomic E-state index is -0.359. The first kappa shape index (κ1) is 19.2. The Bertz CT molecular complexity index is 915. The van der Waals surface area contributed by atoms with E-state index < -0.39 is 0 Å². The maximum absolute atomic E-state index is 14.7. The van der Waals surface area contributed by atoms with Gasteiger partial charge in [-0.15, -0.1) is 0 Å². The van der Waals surface area contributed by atoms with Crippen LogP contribution >= 0.6 is 0 Å². The monoisotopic (exact) mass is 369 g/mol. The molecule has 1 aliphatic carbocycles. The van der Waals surface area contributed by atoms with Gasteiger partial charge in [0.2, 0.25) is 0 Å². The van der Waals surface area contributed by atoms with Crippen LogP contribution in [0.25, 0.3) is 5.57 Å². The maximum atomic E-state index is 14.7. The van der Waals surface area contributed by atoms with Gasteiger partial charge in [0.05, 0.1) is 0 Å². The Morgan fingerprint density at radius 3 is 2.63 bits per heavy atom. The number of hydrogen-bond donors (Lipinski definition) is 2. The third kappa shape index (κ3) is 4.21. The lowest BCUT2D eigenvalue weighted by molar-refractivity contribution is 0.471. The van der Waals surface area contributed by atoms with Crippen LogP contribution in [-0.2, 0) is 0 Å². The predicted molar refractivity (Wildman–Crippen MR) is 107 cm³/mol. The van der Waals surface area contributed by atoms with Crippen LogP contribution in [0, 0.1) is 25.6 Å².